The first-order valence-electron chi connectivity index (χ1n) is 17.0. The molecule has 2 atom stereocenters. The topological polar surface area (TPSA) is 170 Å². The van der Waals surface area contributed by atoms with Gasteiger partial charge in [0, 0.05) is 71.9 Å². The highest BCUT2D eigenvalue weighted by Crippen LogP contribution is 2.50. The standard InChI is InChI=1S/C39H40N4O8/c1-38(2)29-12-7-9-14-31(29)40(17-11-5-6-16-35(44)45)33(38)21-27-36(46)28(37(27)47)22-34-39(3,4)30-13-8-10-15-32(30)41(34)23-24-18-25(42(48)49)20-26(19-24)43(50)51/h7-10,12-15,18-22,28,36H,5-6,11,16-17,23H2,1-4H3,(H,44,45). The van der Waals surface area contributed by atoms with E-state index in [0.717, 1.165) is 47.1 Å². The number of hydrogen-bond acceptors (Lipinski definition) is 8. The number of ketones is 1. The Kier molecular flexibility index (Phi) is 9.24. The van der Waals surface area contributed by atoms with Crippen molar-refractivity contribution >= 4 is 40.2 Å². The molecule has 1 N–H and O–H groups in total. The summed E-state index contributed by atoms with van der Waals surface area (Å²) in [4.78, 5) is 48.7. The third kappa shape index (κ3) is 6.35. The van der Waals surface area contributed by atoms with Crippen LogP contribution in [0.2, 0.25) is 0 Å². The highest BCUT2D eigenvalue weighted by Gasteiger charge is 2.48. The Balaban J connectivity index is 1.34. The van der Waals surface area contributed by atoms with Crippen LogP contribution in [-0.4, -0.2) is 49.6 Å². The number of carboxylic acid groups (broad SMARTS) is 1. The van der Waals surface area contributed by atoms with Crippen molar-refractivity contribution in [2.24, 2.45) is 5.92 Å². The molecule has 0 radical (unpaired) electrons. The van der Waals surface area contributed by atoms with Gasteiger partial charge in [-0.25, -0.2) is 0 Å². The van der Waals surface area contributed by atoms with Gasteiger partial charge in [-0.2, -0.15) is 4.58 Å². The number of aliphatic carboxylic acids is 1. The van der Waals surface area contributed by atoms with Gasteiger partial charge in [0.2, 0.25) is 5.69 Å². The van der Waals surface area contributed by atoms with Gasteiger partial charge in [-0.15, -0.1) is 0 Å². The van der Waals surface area contributed by atoms with Gasteiger partial charge in [0.1, 0.15) is 6.54 Å². The number of unbranched alkanes of at least 4 members (excludes halogenated alkanes) is 2. The zero-order valence-corrected chi connectivity index (χ0v) is 29.0. The van der Waals surface area contributed by atoms with Gasteiger partial charge >= 0.3 is 5.97 Å². The van der Waals surface area contributed by atoms with Crippen molar-refractivity contribution in [2.75, 3.05) is 11.4 Å². The summed E-state index contributed by atoms with van der Waals surface area (Å²) in [7, 11) is 0. The average molecular weight is 693 g/mol. The Morgan fingerprint density at radius 2 is 1.53 bits per heavy atom. The van der Waals surface area contributed by atoms with Gasteiger partial charge in [0.15, 0.2) is 11.5 Å². The second kappa shape index (κ2) is 13.3. The largest absolute Gasteiger partial charge is 0.848 e. The quantitative estimate of drug-likeness (QED) is 0.0757. The molecule has 0 saturated heterocycles. The molecule has 2 aliphatic heterocycles. The SMILES string of the molecule is CC1(C)C(=CC2C(=O)C(=CC3=[N+](CCCCCC(=O)O)c4ccccc4C3(C)C)C2[O-])N(Cc2cc([N+](=O)[O-])cc([N+](=O)[O-])c2)c2ccccc21. The molecule has 0 spiro atoms. The van der Waals surface area contributed by atoms with Gasteiger partial charge in [0.05, 0.1) is 21.3 Å². The van der Waals surface area contributed by atoms with Crippen LogP contribution in [0.15, 0.2) is 90.2 Å². The van der Waals surface area contributed by atoms with E-state index in [-0.39, 0.29) is 24.3 Å². The Hall–Kier alpha value is -5.49. The van der Waals surface area contributed by atoms with Crippen LogP contribution in [0.1, 0.15) is 70.1 Å². The van der Waals surface area contributed by atoms with Crippen LogP contribution in [0.4, 0.5) is 22.7 Å². The molecule has 264 valence electrons. The zero-order chi connectivity index (χ0) is 36.8. The Morgan fingerprint density at radius 1 is 0.902 bits per heavy atom. The Morgan fingerprint density at radius 3 is 2.16 bits per heavy atom. The fourth-order valence-electron chi connectivity index (χ4n) is 7.72. The molecule has 0 aromatic heterocycles. The number of carbonyl (C=O) groups excluding carboxylic acids is 1. The lowest BCUT2D eigenvalue weighted by Gasteiger charge is -2.43. The van der Waals surface area contributed by atoms with Crippen LogP contribution in [-0.2, 0) is 27.0 Å². The number of hydrogen-bond donors (Lipinski definition) is 1. The molecule has 1 aliphatic carbocycles. The summed E-state index contributed by atoms with van der Waals surface area (Å²) in [5.74, 6) is -2.06. The van der Waals surface area contributed by atoms with E-state index in [2.05, 4.69) is 18.4 Å². The Labute approximate surface area is 295 Å². The number of anilines is 1. The molecule has 3 aromatic carbocycles. The number of nitro groups is 2. The second-order valence-corrected chi connectivity index (χ2v) is 14.4. The van der Waals surface area contributed by atoms with Crippen molar-refractivity contribution in [3.05, 3.63) is 127 Å². The van der Waals surface area contributed by atoms with E-state index in [1.54, 1.807) is 12.2 Å². The van der Waals surface area contributed by atoms with Crippen LogP contribution in [0.5, 0.6) is 0 Å². The number of para-hydroxylation sites is 2. The molecule has 3 aromatic rings. The van der Waals surface area contributed by atoms with Crippen LogP contribution < -0.4 is 10.0 Å². The van der Waals surface area contributed by atoms with Gasteiger partial charge in [0.25, 0.3) is 11.4 Å². The molecular formula is C39H40N4O8. The summed E-state index contributed by atoms with van der Waals surface area (Å²) >= 11 is 0. The number of nitrogens with zero attached hydrogens (tertiary/aromatic N) is 4. The summed E-state index contributed by atoms with van der Waals surface area (Å²) in [6.07, 6.45) is 4.27. The molecule has 51 heavy (non-hydrogen) atoms. The minimum absolute atomic E-state index is 0.0493. The lowest BCUT2D eigenvalue weighted by atomic mass is 9.71. The van der Waals surface area contributed by atoms with Crippen LogP contribution in [0, 0.1) is 26.1 Å². The number of Topliss-reactive ketones (excluding diaryl/α,β-unsaturated/α-hetero) is 1. The number of rotatable bonds is 12. The number of benzene rings is 3. The smallest absolute Gasteiger partial charge is 0.303 e. The molecule has 12 heteroatoms. The minimum Gasteiger partial charge on any atom is -0.848 e. The fourth-order valence-corrected chi connectivity index (χ4v) is 7.72. The second-order valence-electron chi connectivity index (χ2n) is 14.4. The van der Waals surface area contributed by atoms with Gasteiger partial charge in [-0.3, -0.25) is 29.8 Å². The Bertz CT molecular complexity index is 2030. The van der Waals surface area contributed by atoms with Gasteiger partial charge in [-0.1, -0.05) is 62.4 Å². The van der Waals surface area contributed by atoms with Crippen molar-refractivity contribution in [3.63, 3.8) is 0 Å². The number of non-ortho nitro benzene ring substituents is 2. The summed E-state index contributed by atoms with van der Waals surface area (Å²) in [5, 5.41) is 46.3. The maximum absolute atomic E-state index is 14.0. The molecular weight excluding hydrogens is 652 g/mol. The van der Waals surface area contributed by atoms with Crippen LogP contribution >= 0.6 is 0 Å². The highest BCUT2D eigenvalue weighted by molar-refractivity contribution is 6.14. The maximum Gasteiger partial charge on any atom is 0.303 e. The van der Waals surface area contributed by atoms with Crippen LogP contribution in [0.3, 0.4) is 0 Å². The summed E-state index contributed by atoms with van der Waals surface area (Å²) < 4.78 is 2.14. The van der Waals surface area contributed by atoms with Crippen molar-refractivity contribution in [2.45, 2.75) is 76.9 Å². The predicted molar refractivity (Wildman–Crippen MR) is 189 cm³/mol. The monoisotopic (exact) mass is 692 g/mol. The number of carbonyl (C=O) groups is 2. The van der Waals surface area contributed by atoms with Crippen molar-refractivity contribution in [1.29, 1.82) is 0 Å². The van der Waals surface area contributed by atoms with Crippen molar-refractivity contribution < 1.29 is 34.2 Å². The third-order valence-corrected chi connectivity index (χ3v) is 10.4. The first kappa shape index (κ1) is 35.3. The molecule has 3 aliphatic rings. The molecule has 1 saturated carbocycles. The number of fused-ring (bicyclic) bond motifs is 2. The van der Waals surface area contributed by atoms with E-state index >= 15 is 0 Å². The molecule has 2 unspecified atom stereocenters. The summed E-state index contributed by atoms with van der Waals surface area (Å²) in [6.45, 7) is 8.76. The van der Waals surface area contributed by atoms with E-state index in [0.29, 0.717) is 24.2 Å². The molecule has 12 nitrogen and oxygen atoms in total. The third-order valence-electron chi connectivity index (χ3n) is 10.4. The first-order valence-corrected chi connectivity index (χ1v) is 17.0. The number of carboxylic acids is 1. The van der Waals surface area contributed by atoms with E-state index in [4.69, 9.17) is 5.11 Å². The van der Waals surface area contributed by atoms with E-state index in [9.17, 15) is 34.9 Å². The van der Waals surface area contributed by atoms with E-state index < -0.39 is 50.0 Å². The zero-order valence-electron chi connectivity index (χ0n) is 29.0. The highest BCUT2D eigenvalue weighted by atomic mass is 16.6. The molecule has 0 bridgehead atoms. The number of nitro benzene ring substituents is 2. The van der Waals surface area contributed by atoms with Crippen molar-refractivity contribution in [1.82, 2.24) is 0 Å². The summed E-state index contributed by atoms with van der Waals surface area (Å²) in [6, 6.07) is 19.1. The van der Waals surface area contributed by atoms with Gasteiger partial charge < -0.3 is 15.1 Å². The predicted octanol–water partition coefficient (Wildman–Crippen LogP) is 6.26. The fraction of sp³-hybridized carbons (Fsp3) is 0.359. The minimum atomic E-state index is -1.34. The van der Waals surface area contributed by atoms with Crippen molar-refractivity contribution in [3.8, 4) is 0 Å². The summed E-state index contributed by atoms with van der Waals surface area (Å²) in [5.41, 5.74) is 3.92. The molecule has 2 heterocycles. The lowest BCUT2D eigenvalue weighted by Crippen LogP contribution is -2.53. The first-order chi connectivity index (χ1) is 24.1. The van der Waals surface area contributed by atoms with Gasteiger partial charge in [-0.05, 0) is 49.5 Å². The number of allylic oxidation sites excluding steroid dienone is 2. The average Bonchev–Trinajstić information content (AvgIpc) is 3.43. The normalized spacial score (nSPS) is 21.5. The lowest BCUT2D eigenvalue weighted by molar-refractivity contribution is -0.438. The molecule has 6 rings (SSSR count). The molecule has 0 amide bonds. The maximum atomic E-state index is 14.0. The molecule has 1 fully saturated rings. The van der Waals surface area contributed by atoms with E-state index in [1.807, 2.05) is 67.3 Å². The van der Waals surface area contributed by atoms with E-state index in [1.165, 1.54) is 12.1 Å². The van der Waals surface area contributed by atoms with Crippen LogP contribution in [0.25, 0.3) is 0 Å².